The fraction of sp³-hybridized carbons (Fsp3) is 0.0455. The molecule has 0 heterocycles. The summed E-state index contributed by atoms with van der Waals surface area (Å²) in [6.45, 7) is 1.33. The van der Waals surface area contributed by atoms with Crippen molar-refractivity contribution < 1.29 is 14.5 Å². The highest BCUT2D eigenvalue weighted by atomic mass is 127. The quantitative estimate of drug-likeness (QED) is 0.0939. The lowest BCUT2D eigenvalue weighted by molar-refractivity contribution is -0.384. The third-order valence-corrected chi connectivity index (χ3v) is 4.64. The molecule has 0 aliphatic heterocycles. The van der Waals surface area contributed by atoms with Crippen LogP contribution in [0.4, 0.5) is 11.4 Å². The highest BCUT2D eigenvalue weighted by Crippen LogP contribution is 2.18. The molecule has 1 N–H and O–H groups in total. The van der Waals surface area contributed by atoms with Gasteiger partial charge in [0.05, 0.1) is 16.8 Å². The Kier molecular flexibility index (Phi) is 7.44. The number of carbonyl (C=O) groups excluding carboxylic acids is 1. The van der Waals surface area contributed by atoms with E-state index in [1.165, 1.54) is 25.3 Å². The largest absolute Gasteiger partial charge is 0.427 e. The van der Waals surface area contributed by atoms with Crippen molar-refractivity contribution in [2.75, 3.05) is 0 Å². The number of amidine groups is 1. The van der Waals surface area contributed by atoms with Gasteiger partial charge in [0.15, 0.2) is 5.84 Å². The molecule has 31 heavy (non-hydrogen) atoms. The van der Waals surface area contributed by atoms with Gasteiger partial charge < -0.3 is 4.74 Å². The standard InChI is InChI=1S/C22H17IN4O4/c1-15(28)31-21-4-2-3-17(13-21)22(25-19-9-7-18(23)8-10-19)26-24-14-16-5-11-20(12-6-16)27(29)30/h2-14H,1H3,(H,25,26)/b24-14+. The second kappa shape index (κ2) is 10.4. The monoisotopic (exact) mass is 528 g/mol. The molecule has 0 bridgehead atoms. The normalized spacial score (nSPS) is 11.4. The summed E-state index contributed by atoms with van der Waals surface area (Å²) in [5, 5.41) is 15.0. The number of non-ortho nitro benzene ring substituents is 1. The number of aliphatic imine (C=N–C) groups is 1. The Labute approximate surface area is 192 Å². The van der Waals surface area contributed by atoms with E-state index in [4.69, 9.17) is 4.74 Å². The van der Waals surface area contributed by atoms with E-state index in [9.17, 15) is 14.9 Å². The van der Waals surface area contributed by atoms with Crippen molar-refractivity contribution in [3.05, 3.63) is 97.6 Å². The Hall–Kier alpha value is -3.60. The predicted molar refractivity (Wildman–Crippen MR) is 127 cm³/mol. The first-order chi connectivity index (χ1) is 14.9. The number of nitrogens with one attached hydrogen (secondary N) is 1. The third-order valence-electron chi connectivity index (χ3n) is 3.92. The van der Waals surface area contributed by atoms with Crippen LogP contribution in [0, 0.1) is 13.7 Å². The van der Waals surface area contributed by atoms with Crippen LogP contribution < -0.4 is 10.2 Å². The molecule has 3 aromatic carbocycles. The van der Waals surface area contributed by atoms with E-state index in [-0.39, 0.29) is 5.69 Å². The maximum Gasteiger partial charge on any atom is 0.308 e. The van der Waals surface area contributed by atoms with Gasteiger partial charge in [-0.25, -0.2) is 4.99 Å². The Bertz CT molecular complexity index is 1140. The molecule has 9 heteroatoms. The molecule has 0 aromatic heterocycles. The second-order valence-corrected chi connectivity index (χ2v) is 7.52. The maximum absolute atomic E-state index is 11.3. The SMILES string of the molecule is CC(=O)Oc1cccc(C(=Nc2ccc(I)cc2)N/N=C/c2ccc([N+](=O)[O-])cc2)c1. The van der Waals surface area contributed by atoms with Crippen LogP contribution in [-0.4, -0.2) is 22.9 Å². The van der Waals surface area contributed by atoms with Crippen LogP contribution in [0.25, 0.3) is 0 Å². The van der Waals surface area contributed by atoms with Gasteiger partial charge in [-0.2, -0.15) is 5.10 Å². The Balaban J connectivity index is 1.88. The third kappa shape index (κ3) is 6.71. The number of hydrogen-bond donors (Lipinski definition) is 1. The summed E-state index contributed by atoms with van der Waals surface area (Å²) in [5.41, 5.74) is 4.98. The molecule has 0 unspecified atom stereocenters. The van der Waals surface area contributed by atoms with Crippen LogP contribution in [0.5, 0.6) is 5.75 Å². The molecule has 0 radical (unpaired) electrons. The number of ether oxygens (including phenoxy) is 1. The Morgan fingerprint density at radius 1 is 1.10 bits per heavy atom. The summed E-state index contributed by atoms with van der Waals surface area (Å²) in [6.07, 6.45) is 1.53. The van der Waals surface area contributed by atoms with Crippen molar-refractivity contribution in [2.45, 2.75) is 6.92 Å². The number of halogens is 1. The van der Waals surface area contributed by atoms with E-state index in [0.29, 0.717) is 28.4 Å². The Morgan fingerprint density at radius 2 is 1.81 bits per heavy atom. The van der Waals surface area contributed by atoms with Gasteiger partial charge in [-0.05, 0) is 76.7 Å². The topological polar surface area (TPSA) is 106 Å². The molecule has 3 rings (SSSR count). The minimum absolute atomic E-state index is 0.00774. The minimum Gasteiger partial charge on any atom is -0.427 e. The zero-order valence-electron chi connectivity index (χ0n) is 16.4. The number of hydrogen-bond acceptors (Lipinski definition) is 6. The predicted octanol–water partition coefficient (Wildman–Crippen LogP) is 4.83. The molecule has 0 fully saturated rings. The van der Waals surface area contributed by atoms with Crippen LogP contribution in [0.15, 0.2) is 82.9 Å². The van der Waals surface area contributed by atoms with Crippen LogP contribution in [0.2, 0.25) is 0 Å². The molecule has 8 nitrogen and oxygen atoms in total. The molecular formula is C22H17IN4O4. The average Bonchev–Trinajstić information content (AvgIpc) is 2.74. The number of nitro benzene ring substituents is 1. The first kappa shape index (κ1) is 22.1. The van der Waals surface area contributed by atoms with E-state index >= 15 is 0 Å². The molecule has 156 valence electrons. The van der Waals surface area contributed by atoms with E-state index in [2.05, 4.69) is 38.1 Å². The lowest BCUT2D eigenvalue weighted by Gasteiger charge is -2.08. The first-order valence-corrected chi connectivity index (χ1v) is 10.2. The number of hydrazone groups is 1. The van der Waals surface area contributed by atoms with Gasteiger partial charge in [0.2, 0.25) is 0 Å². The zero-order chi connectivity index (χ0) is 22.2. The highest BCUT2D eigenvalue weighted by molar-refractivity contribution is 14.1. The van der Waals surface area contributed by atoms with Crippen molar-refractivity contribution in [2.24, 2.45) is 10.1 Å². The second-order valence-electron chi connectivity index (χ2n) is 6.28. The molecule has 0 amide bonds. The molecule has 0 spiro atoms. The van der Waals surface area contributed by atoms with Gasteiger partial charge in [-0.3, -0.25) is 20.3 Å². The summed E-state index contributed by atoms with van der Waals surface area (Å²) in [7, 11) is 0. The molecular weight excluding hydrogens is 511 g/mol. The Morgan fingerprint density at radius 3 is 2.45 bits per heavy atom. The van der Waals surface area contributed by atoms with Crippen LogP contribution in [0.3, 0.4) is 0 Å². The molecule has 0 aliphatic carbocycles. The van der Waals surface area contributed by atoms with Crippen molar-refractivity contribution >= 4 is 52.0 Å². The molecule has 3 aromatic rings. The van der Waals surface area contributed by atoms with Gasteiger partial charge >= 0.3 is 5.97 Å². The summed E-state index contributed by atoms with van der Waals surface area (Å²) >= 11 is 2.21. The lowest BCUT2D eigenvalue weighted by atomic mass is 10.2. The van der Waals surface area contributed by atoms with Crippen molar-refractivity contribution in [1.29, 1.82) is 0 Å². The van der Waals surface area contributed by atoms with Crippen molar-refractivity contribution in [3.8, 4) is 5.75 Å². The van der Waals surface area contributed by atoms with E-state index in [1.807, 2.05) is 30.3 Å². The van der Waals surface area contributed by atoms with E-state index < -0.39 is 10.9 Å². The van der Waals surface area contributed by atoms with Gasteiger partial charge in [-0.15, -0.1) is 0 Å². The summed E-state index contributed by atoms with van der Waals surface area (Å²) in [4.78, 5) is 26.2. The minimum atomic E-state index is -0.457. The molecule has 0 atom stereocenters. The number of rotatable bonds is 6. The van der Waals surface area contributed by atoms with Crippen LogP contribution >= 0.6 is 22.6 Å². The average molecular weight is 528 g/mol. The fourth-order valence-electron chi connectivity index (χ4n) is 2.52. The summed E-state index contributed by atoms with van der Waals surface area (Å²) in [5.74, 6) is 0.409. The van der Waals surface area contributed by atoms with Gasteiger partial charge in [0.1, 0.15) is 5.75 Å². The van der Waals surface area contributed by atoms with Gasteiger partial charge in [-0.1, -0.05) is 12.1 Å². The van der Waals surface area contributed by atoms with Gasteiger partial charge in [0.25, 0.3) is 5.69 Å². The van der Waals surface area contributed by atoms with Crippen molar-refractivity contribution in [3.63, 3.8) is 0 Å². The maximum atomic E-state index is 11.3. The zero-order valence-corrected chi connectivity index (χ0v) is 18.5. The number of carbonyl (C=O) groups is 1. The van der Waals surface area contributed by atoms with Crippen molar-refractivity contribution in [1.82, 2.24) is 5.43 Å². The first-order valence-electron chi connectivity index (χ1n) is 9.07. The molecule has 0 saturated heterocycles. The number of benzene rings is 3. The number of nitrogens with zero attached hydrogens (tertiary/aromatic N) is 3. The lowest BCUT2D eigenvalue weighted by Crippen LogP contribution is -2.19. The van der Waals surface area contributed by atoms with Crippen LogP contribution in [0.1, 0.15) is 18.1 Å². The van der Waals surface area contributed by atoms with E-state index in [0.717, 1.165) is 3.57 Å². The van der Waals surface area contributed by atoms with Crippen LogP contribution in [-0.2, 0) is 4.79 Å². The highest BCUT2D eigenvalue weighted by Gasteiger charge is 2.07. The summed E-state index contributed by atoms with van der Waals surface area (Å²) in [6, 6.07) is 20.6. The van der Waals surface area contributed by atoms with Gasteiger partial charge in [0, 0.05) is 28.2 Å². The molecule has 0 aliphatic rings. The molecule has 0 saturated carbocycles. The number of esters is 1. The summed E-state index contributed by atoms with van der Waals surface area (Å²) < 4.78 is 6.24. The van der Waals surface area contributed by atoms with E-state index in [1.54, 1.807) is 30.3 Å². The number of nitro groups is 1. The fourth-order valence-corrected chi connectivity index (χ4v) is 2.88. The smallest absolute Gasteiger partial charge is 0.308 e.